The number of hydrogen-bond acceptors (Lipinski definition) is 4. The van der Waals surface area contributed by atoms with Gasteiger partial charge in [0.25, 0.3) is 11.8 Å². The van der Waals surface area contributed by atoms with Crippen LogP contribution < -0.4 is 15.4 Å². The van der Waals surface area contributed by atoms with Crippen molar-refractivity contribution in [1.82, 2.24) is 5.32 Å². The van der Waals surface area contributed by atoms with Gasteiger partial charge >= 0.3 is 6.18 Å². The summed E-state index contributed by atoms with van der Waals surface area (Å²) in [6.45, 7) is 0.142. The maximum atomic E-state index is 12.9. The van der Waals surface area contributed by atoms with Crippen molar-refractivity contribution >= 4 is 28.5 Å². The summed E-state index contributed by atoms with van der Waals surface area (Å²) in [6.07, 6.45) is -4.54. The van der Waals surface area contributed by atoms with Gasteiger partial charge in [0.2, 0.25) is 0 Å². The van der Waals surface area contributed by atoms with E-state index in [1.807, 2.05) is 0 Å². The molecular formula is C20H17F3N2O4. The van der Waals surface area contributed by atoms with Crippen LogP contribution in [0, 0.1) is 6.92 Å². The van der Waals surface area contributed by atoms with Crippen LogP contribution >= 0.6 is 0 Å². The maximum Gasteiger partial charge on any atom is 0.405 e. The number of carbonyl (C=O) groups is 2. The van der Waals surface area contributed by atoms with Crippen LogP contribution in [-0.2, 0) is 0 Å². The van der Waals surface area contributed by atoms with Gasteiger partial charge in [-0.2, -0.15) is 13.2 Å². The van der Waals surface area contributed by atoms with Crippen LogP contribution in [0.3, 0.4) is 0 Å². The van der Waals surface area contributed by atoms with Gasteiger partial charge in [-0.3, -0.25) is 9.59 Å². The molecule has 152 valence electrons. The fraction of sp³-hybridized carbons (Fsp3) is 0.200. The number of rotatable bonds is 5. The van der Waals surface area contributed by atoms with E-state index >= 15 is 0 Å². The largest absolute Gasteiger partial charge is 0.497 e. The first-order valence-corrected chi connectivity index (χ1v) is 8.52. The molecular weight excluding hydrogens is 389 g/mol. The van der Waals surface area contributed by atoms with E-state index in [0.717, 1.165) is 0 Å². The first-order valence-electron chi connectivity index (χ1n) is 8.52. The molecule has 0 unspecified atom stereocenters. The van der Waals surface area contributed by atoms with E-state index in [1.54, 1.807) is 36.5 Å². The summed E-state index contributed by atoms with van der Waals surface area (Å²) in [4.78, 5) is 25.0. The first-order chi connectivity index (χ1) is 13.7. The maximum absolute atomic E-state index is 12.9. The highest BCUT2D eigenvalue weighted by Gasteiger charge is 2.28. The number of ether oxygens (including phenoxy) is 1. The van der Waals surface area contributed by atoms with E-state index in [2.05, 4.69) is 5.32 Å². The minimum atomic E-state index is -4.54. The summed E-state index contributed by atoms with van der Waals surface area (Å²) in [6, 6.07) is 10.8. The number of alkyl halides is 3. The molecule has 0 aliphatic rings. The van der Waals surface area contributed by atoms with E-state index in [9.17, 15) is 22.8 Å². The highest BCUT2D eigenvalue weighted by atomic mass is 19.4. The lowest BCUT2D eigenvalue weighted by atomic mass is 10.1. The van der Waals surface area contributed by atoms with E-state index in [4.69, 9.17) is 9.15 Å². The van der Waals surface area contributed by atoms with Crippen LogP contribution in [0.25, 0.3) is 11.0 Å². The molecule has 9 heteroatoms. The van der Waals surface area contributed by atoms with Crippen LogP contribution in [-0.4, -0.2) is 31.6 Å². The average molecular weight is 406 g/mol. The van der Waals surface area contributed by atoms with Crippen molar-refractivity contribution in [1.29, 1.82) is 0 Å². The average Bonchev–Trinajstić information content (AvgIpc) is 3.00. The lowest BCUT2D eigenvalue weighted by Gasteiger charge is -2.12. The number of furan rings is 1. The summed E-state index contributed by atoms with van der Waals surface area (Å²) < 4.78 is 47.9. The van der Waals surface area contributed by atoms with E-state index in [-0.39, 0.29) is 16.8 Å². The van der Waals surface area contributed by atoms with Crippen molar-refractivity contribution in [2.75, 3.05) is 19.0 Å². The number of hydrogen-bond donors (Lipinski definition) is 2. The molecule has 6 nitrogen and oxygen atoms in total. The molecule has 0 saturated carbocycles. The number of anilines is 1. The first kappa shape index (κ1) is 20.2. The topological polar surface area (TPSA) is 80.6 Å². The molecule has 0 atom stereocenters. The Bertz CT molecular complexity index is 1070. The number of fused-ring (bicyclic) bond motifs is 1. The molecule has 1 heterocycles. The highest BCUT2D eigenvalue weighted by Crippen LogP contribution is 2.30. The lowest BCUT2D eigenvalue weighted by molar-refractivity contribution is -0.123. The van der Waals surface area contributed by atoms with Crippen molar-refractivity contribution in [3.8, 4) is 5.75 Å². The minimum absolute atomic E-state index is 0.0776. The Morgan fingerprint density at radius 2 is 1.83 bits per heavy atom. The van der Waals surface area contributed by atoms with Gasteiger partial charge in [0.1, 0.15) is 23.6 Å². The Labute approximate surface area is 163 Å². The minimum Gasteiger partial charge on any atom is -0.497 e. The SMILES string of the molecule is COc1ccc2oc(C)c(C(=O)Nc3ccccc3C(=O)NCC(F)(F)F)c2c1. The molecule has 0 saturated heterocycles. The number of aryl methyl sites for hydroxylation is 1. The van der Waals surface area contributed by atoms with Gasteiger partial charge in [0, 0.05) is 5.39 Å². The number of carbonyl (C=O) groups excluding carboxylic acids is 2. The van der Waals surface area contributed by atoms with Gasteiger partial charge in [-0.05, 0) is 37.3 Å². The molecule has 0 spiro atoms. The molecule has 2 aromatic carbocycles. The monoisotopic (exact) mass is 406 g/mol. The van der Waals surface area contributed by atoms with Crippen LogP contribution in [0.1, 0.15) is 26.5 Å². The predicted octanol–water partition coefficient (Wildman–Crippen LogP) is 4.29. The molecule has 0 bridgehead atoms. The second-order valence-electron chi connectivity index (χ2n) is 6.19. The number of methoxy groups -OCH3 is 1. The van der Waals surface area contributed by atoms with E-state index in [0.29, 0.717) is 22.5 Å². The Hall–Kier alpha value is -3.49. The van der Waals surface area contributed by atoms with Gasteiger partial charge in [0.15, 0.2) is 0 Å². The quantitative estimate of drug-likeness (QED) is 0.662. The van der Waals surface area contributed by atoms with Gasteiger partial charge < -0.3 is 19.8 Å². The summed E-state index contributed by atoms with van der Waals surface area (Å²) in [7, 11) is 1.49. The predicted molar refractivity (Wildman–Crippen MR) is 100 cm³/mol. The van der Waals surface area contributed by atoms with Crippen molar-refractivity contribution in [2.24, 2.45) is 0 Å². The fourth-order valence-corrected chi connectivity index (χ4v) is 2.86. The molecule has 29 heavy (non-hydrogen) atoms. The third-order valence-electron chi connectivity index (χ3n) is 4.17. The van der Waals surface area contributed by atoms with Crippen LogP contribution in [0.2, 0.25) is 0 Å². The Balaban J connectivity index is 1.90. The third kappa shape index (κ3) is 4.50. The van der Waals surface area contributed by atoms with Crippen LogP contribution in [0.5, 0.6) is 5.75 Å². The summed E-state index contributed by atoms with van der Waals surface area (Å²) in [5, 5.41) is 4.89. The zero-order valence-corrected chi connectivity index (χ0v) is 15.5. The molecule has 1 aromatic heterocycles. The lowest BCUT2D eigenvalue weighted by Crippen LogP contribution is -2.34. The summed E-state index contributed by atoms with van der Waals surface area (Å²) in [5.41, 5.74) is 0.705. The third-order valence-corrected chi connectivity index (χ3v) is 4.17. The number of halogens is 3. The van der Waals surface area contributed by atoms with Crippen molar-refractivity contribution in [2.45, 2.75) is 13.1 Å². The summed E-state index contributed by atoms with van der Waals surface area (Å²) >= 11 is 0. The van der Waals surface area contributed by atoms with E-state index in [1.165, 1.54) is 25.3 Å². The molecule has 2 amide bonds. The molecule has 0 aliphatic carbocycles. The standard InChI is InChI=1S/C20H17F3N2O4/c1-11-17(14-9-12(28-2)7-8-16(14)29-11)19(27)25-15-6-4-3-5-13(15)18(26)24-10-20(21,22)23/h3-9H,10H2,1-2H3,(H,24,26)(H,25,27). The zero-order valence-electron chi connectivity index (χ0n) is 15.5. The second kappa shape index (κ2) is 7.86. The van der Waals surface area contributed by atoms with Gasteiger partial charge in [0.05, 0.1) is 23.9 Å². The smallest absolute Gasteiger partial charge is 0.405 e. The number of amides is 2. The van der Waals surface area contributed by atoms with Crippen molar-refractivity contribution in [3.05, 3.63) is 59.4 Å². The van der Waals surface area contributed by atoms with Crippen molar-refractivity contribution in [3.63, 3.8) is 0 Å². The Morgan fingerprint density at radius 3 is 2.52 bits per heavy atom. The van der Waals surface area contributed by atoms with Crippen molar-refractivity contribution < 1.29 is 31.9 Å². The van der Waals surface area contributed by atoms with Crippen LogP contribution in [0.4, 0.5) is 18.9 Å². The molecule has 0 aliphatic heterocycles. The van der Waals surface area contributed by atoms with E-state index < -0.39 is 24.5 Å². The Kier molecular flexibility index (Phi) is 5.49. The molecule has 3 aromatic rings. The summed E-state index contributed by atoms with van der Waals surface area (Å²) in [5.74, 6) is -0.636. The number of nitrogens with one attached hydrogen (secondary N) is 2. The van der Waals surface area contributed by atoms with Gasteiger partial charge in [-0.1, -0.05) is 12.1 Å². The highest BCUT2D eigenvalue weighted by molar-refractivity contribution is 6.15. The molecule has 0 fully saturated rings. The fourth-order valence-electron chi connectivity index (χ4n) is 2.86. The molecule has 2 N–H and O–H groups in total. The number of para-hydroxylation sites is 1. The normalized spacial score (nSPS) is 11.3. The van der Waals surface area contributed by atoms with Gasteiger partial charge in [-0.15, -0.1) is 0 Å². The van der Waals surface area contributed by atoms with Crippen LogP contribution in [0.15, 0.2) is 46.9 Å². The second-order valence-corrected chi connectivity index (χ2v) is 6.19. The van der Waals surface area contributed by atoms with Gasteiger partial charge in [-0.25, -0.2) is 0 Å². The molecule has 3 rings (SSSR count). The number of benzene rings is 2. The molecule has 0 radical (unpaired) electrons. The Morgan fingerprint density at radius 1 is 1.10 bits per heavy atom. The zero-order chi connectivity index (χ0) is 21.2.